The SMILES string of the molecule is CC(C)(C)NNC1(C#N)CCCCCC1. The van der Waals surface area contributed by atoms with Gasteiger partial charge in [-0.2, -0.15) is 5.26 Å². The molecule has 0 amide bonds. The van der Waals surface area contributed by atoms with Crippen LogP contribution >= 0.6 is 0 Å². The van der Waals surface area contributed by atoms with Crippen LogP contribution in [-0.4, -0.2) is 11.1 Å². The molecule has 0 unspecified atom stereocenters. The van der Waals surface area contributed by atoms with Gasteiger partial charge in [-0.25, -0.2) is 5.43 Å². The maximum Gasteiger partial charge on any atom is 0.118 e. The Morgan fingerprint density at radius 3 is 2.00 bits per heavy atom. The molecule has 86 valence electrons. The first kappa shape index (κ1) is 12.5. The van der Waals surface area contributed by atoms with Crippen molar-refractivity contribution in [2.45, 2.75) is 70.4 Å². The van der Waals surface area contributed by atoms with Crippen molar-refractivity contribution < 1.29 is 0 Å². The molecule has 0 heterocycles. The van der Waals surface area contributed by atoms with Gasteiger partial charge in [0.2, 0.25) is 0 Å². The van der Waals surface area contributed by atoms with Gasteiger partial charge in [-0.1, -0.05) is 25.7 Å². The smallest absolute Gasteiger partial charge is 0.118 e. The largest absolute Gasteiger partial charge is 0.251 e. The van der Waals surface area contributed by atoms with Crippen LogP contribution in [-0.2, 0) is 0 Å². The number of nitriles is 1. The molecule has 0 aromatic carbocycles. The van der Waals surface area contributed by atoms with Gasteiger partial charge in [0.05, 0.1) is 6.07 Å². The summed E-state index contributed by atoms with van der Waals surface area (Å²) < 4.78 is 0. The summed E-state index contributed by atoms with van der Waals surface area (Å²) >= 11 is 0. The van der Waals surface area contributed by atoms with E-state index in [9.17, 15) is 5.26 Å². The molecular weight excluding hydrogens is 186 g/mol. The molecule has 0 bridgehead atoms. The van der Waals surface area contributed by atoms with Crippen LogP contribution in [0.1, 0.15) is 59.3 Å². The molecule has 1 fully saturated rings. The van der Waals surface area contributed by atoms with E-state index in [1.807, 2.05) is 0 Å². The van der Waals surface area contributed by atoms with Gasteiger partial charge in [0.1, 0.15) is 5.54 Å². The van der Waals surface area contributed by atoms with Gasteiger partial charge in [0.25, 0.3) is 0 Å². The summed E-state index contributed by atoms with van der Waals surface area (Å²) in [5, 5.41) is 9.31. The van der Waals surface area contributed by atoms with Gasteiger partial charge in [0.15, 0.2) is 0 Å². The Morgan fingerprint density at radius 1 is 1.07 bits per heavy atom. The molecule has 0 saturated heterocycles. The van der Waals surface area contributed by atoms with Crippen LogP contribution in [0, 0.1) is 11.3 Å². The summed E-state index contributed by atoms with van der Waals surface area (Å²) in [5.41, 5.74) is 6.16. The second-order valence-corrected chi connectivity index (χ2v) is 5.61. The van der Waals surface area contributed by atoms with E-state index in [-0.39, 0.29) is 11.1 Å². The Labute approximate surface area is 93.2 Å². The average molecular weight is 209 g/mol. The van der Waals surface area contributed by atoms with Gasteiger partial charge in [0, 0.05) is 5.54 Å². The lowest BCUT2D eigenvalue weighted by Crippen LogP contribution is -2.57. The normalized spacial score (nSPS) is 21.7. The lowest BCUT2D eigenvalue weighted by Gasteiger charge is -2.31. The molecule has 0 aliphatic heterocycles. The zero-order chi connectivity index (χ0) is 11.4. The lowest BCUT2D eigenvalue weighted by molar-refractivity contribution is 0.253. The molecular formula is C12H23N3. The Kier molecular flexibility index (Phi) is 4.12. The van der Waals surface area contributed by atoms with Gasteiger partial charge in [-0.15, -0.1) is 0 Å². The highest BCUT2D eigenvalue weighted by Crippen LogP contribution is 2.26. The lowest BCUT2D eigenvalue weighted by atomic mass is 9.93. The molecule has 0 aromatic rings. The van der Waals surface area contributed by atoms with E-state index in [0.29, 0.717) is 0 Å². The topological polar surface area (TPSA) is 47.8 Å². The molecule has 1 aliphatic rings. The third-order valence-electron chi connectivity index (χ3n) is 2.85. The van der Waals surface area contributed by atoms with Gasteiger partial charge >= 0.3 is 0 Å². The van der Waals surface area contributed by atoms with Crippen LogP contribution in [0.3, 0.4) is 0 Å². The predicted octanol–water partition coefficient (Wildman–Crippen LogP) is 2.50. The van der Waals surface area contributed by atoms with Crippen molar-refractivity contribution >= 4 is 0 Å². The van der Waals surface area contributed by atoms with Crippen molar-refractivity contribution in [2.75, 3.05) is 0 Å². The Hall–Kier alpha value is -0.590. The number of rotatable bonds is 2. The molecule has 0 spiro atoms. The van der Waals surface area contributed by atoms with E-state index in [4.69, 9.17) is 0 Å². The molecule has 3 nitrogen and oxygen atoms in total. The van der Waals surface area contributed by atoms with E-state index >= 15 is 0 Å². The second kappa shape index (κ2) is 4.96. The van der Waals surface area contributed by atoms with Crippen molar-refractivity contribution in [2.24, 2.45) is 0 Å². The summed E-state index contributed by atoms with van der Waals surface area (Å²) in [5.74, 6) is 0. The number of nitrogens with zero attached hydrogens (tertiary/aromatic N) is 1. The minimum Gasteiger partial charge on any atom is -0.251 e. The fourth-order valence-electron chi connectivity index (χ4n) is 1.90. The van der Waals surface area contributed by atoms with Crippen molar-refractivity contribution in [3.8, 4) is 6.07 Å². The van der Waals surface area contributed by atoms with Crippen LogP contribution in [0.15, 0.2) is 0 Å². The van der Waals surface area contributed by atoms with Gasteiger partial charge < -0.3 is 0 Å². The minimum atomic E-state index is -0.343. The maximum atomic E-state index is 9.31. The van der Waals surface area contributed by atoms with Crippen LogP contribution in [0.5, 0.6) is 0 Å². The molecule has 0 atom stereocenters. The molecule has 0 aromatic heterocycles. The van der Waals surface area contributed by atoms with E-state index in [1.54, 1.807) is 0 Å². The molecule has 1 aliphatic carbocycles. The fourth-order valence-corrected chi connectivity index (χ4v) is 1.90. The van der Waals surface area contributed by atoms with Crippen molar-refractivity contribution in [1.29, 1.82) is 5.26 Å². The summed E-state index contributed by atoms with van der Waals surface area (Å²) in [6.45, 7) is 6.30. The number of hydrogen-bond donors (Lipinski definition) is 2. The average Bonchev–Trinajstić information content (AvgIpc) is 2.40. The van der Waals surface area contributed by atoms with Crippen molar-refractivity contribution in [3.05, 3.63) is 0 Å². The Morgan fingerprint density at radius 2 is 1.60 bits per heavy atom. The zero-order valence-corrected chi connectivity index (χ0v) is 10.2. The minimum absolute atomic E-state index is 0.0101. The van der Waals surface area contributed by atoms with Crippen molar-refractivity contribution in [1.82, 2.24) is 10.9 Å². The predicted molar refractivity (Wildman–Crippen MR) is 62.1 cm³/mol. The van der Waals surface area contributed by atoms with E-state index < -0.39 is 0 Å². The van der Waals surface area contributed by atoms with Gasteiger partial charge in [-0.3, -0.25) is 5.43 Å². The zero-order valence-electron chi connectivity index (χ0n) is 10.2. The monoisotopic (exact) mass is 209 g/mol. The van der Waals surface area contributed by atoms with Crippen LogP contribution < -0.4 is 10.9 Å². The fraction of sp³-hybridized carbons (Fsp3) is 0.917. The van der Waals surface area contributed by atoms with Crippen LogP contribution in [0.4, 0.5) is 0 Å². The van der Waals surface area contributed by atoms with E-state index in [0.717, 1.165) is 25.7 Å². The van der Waals surface area contributed by atoms with Crippen molar-refractivity contribution in [3.63, 3.8) is 0 Å². The Balaban J connectivity index is 2.55. The number of hydrogen-bond acceptors (Lipinski definition) is 3. The molecule has 15 heavy (non-hydrogen) atoms. The van der Waals surface area contributed by atoms with E-state index in [2.05, 4.69) is 37.7 Å². The summed E-state index contributed by atoms with van der Waals surface area (Å²) in [6, 6.07) is 2.46. The van der Waals surface area contributed by atoms with Crippen LogP contribution in [0.25, 0.3) is 0 Å². The van der Waals surface area contributed by atoms with Gasteiger partial charge in [-0.05, 0) is 33.6 Å². The third kappa shape index (κ3) is 4.19. The summed E-state index contributed by atoms with van der Waals surface area (Å²) in [6.07, 6.45) is 6.78. The third-order valence-corrected chi connectivity index (χ3v) is 2.85. The first-order chi connectivity index (χ1) is 6.97. The van der Waals surface area contributed by atoms with E-state index in [1.165, 1.54) is 12.8 Å². The molecule has 3 heteroatoms. The number of hydrazine groups is 1. The Bertz CT molecular complexity index is 226. The summed E-state index contributed by atoms with van der Waals surface area (Å²) in [4.78, 5) is 0. The number of nitrogens with one attached hydrogen (secondary N) is 2. The molecule has 2 N–H and O–H groups in total. The molecule has 1 rings (SSSR count). The highest BCUT2D eigenvalue weighted by molar-refractivity contribution is 5.07. The standard InChI is InChI=1S/C12H23N3/c1-11(2,3)14-15-12(10-13)8-6-4-5-7-9-12/h14-15H,4-9H2,1-3H3. The first-order valence-corrected chi connectivity index (χ1v) is 5.93. The molecule has 1 saturated carbocycles. The first-order valence-electron chi connectivity index (χ1n) is 5.93. The highest BCUT2D eigenvalue weighted by atomic mass is 15.4. The van der Waals surface area contributed by atoms with Crippen LogP contribution in [0.2, 0.25) is 0 Å². The highest BCUT2D eigenvalue weighted by Gasteiger charge is 2.31. The molecule has 0 radical (unpaired) electrons. The quantitative estimate of drug-likeness (QED) is 0.542. The maximum absolute atomic E-state index is 9.31. The second-order valence-electron chi connectivity index (χ2n) is 5.61. The summed E-state index contributed by atoms with van der Waals surface area (Å²) in [7, 11) is 0.